The first-order valence-corrected chi connectivity index (χ1v) is 5.95. The third-order valence-corrected chi connectivity index (χ3v) is 3.06. The van der Waals surface area contributed by atoms with Gasteiger partial charge in [-0.3, -0.25) is 9.78 Å². The minimum Gasteiger partial charge on any atom is -0.481 e. The zero-order chi connectivity index (χ0) is 13.1. The van der Waals surface area contributed by atoms with E-state index in [1.807, 2.05) is 0 Å². The maximum atomic E-state index is 10.8. The summed E-state index contributed by atoms with van der Waals surface area (Å²) in [5.41, 5.74) is 1.66. The van der Waals surface area contributed by atoms with Crippen molar-refractivity contribution in [3.63, 3.8) is 0 Å². The van der Waals surface area contributed by atoms with Crippen LogP contribution in [0, 0.1) is 0 Å². The third-order valence-electron chi connectivity index (χ3n) is 2.43. The van der Waals surface area contributed by atoms with Gasteiger partial charge in [-0.1, -0.05) is 35.3 Å². The molecule has 1 aromatic heterocycles. The van der Waals surface area contributed by atoms with Gasteiger partial charge in [0, 0.05) is 11.8 Å². The molecule has 0 saturated heterocycles. The highest BCUT2D eigenvalue weighted by Gasteiger charge is 2.15. The molecule has 0 spiro atoms. The average Bonchev–Trinajstić information content (AvgIpc) is 2.30. The summed E-state index contributed by atoms with van der Waals surface area (Å²) in [5.74, 6) is -0.924. The van der Waals surface area contributed by atoms with Crippen LogP contribution >= 0.6 is 23.2 Å². The Balaban J connectivity index is 2.60. The van der Waals surface area contributed by atoms with Gasteiger partial charge in [-0.05, 0) is 23.8 Å². The van der Waals surface area contributed by atoms with Crippen molar-refractivity contribution in [1.82, 2.24) is 4.98 Å². The predicted octanol–water partition coefficient (Wildman–Crippen LogP) is 3.68. The molecule has 92 valence electrons. The van der Waals surface area contributed by atoms with Crippen LogP contribution in [0.25, 0.3) is 11.3 Å². The van der Waals surface area contributed by atoms with E-state index in [9.17, 15) is 4.79 Å². The molecular formula is C13H9Cl2NO2. The van der Waals surface area contributed by atoms with Crippen LogP contribution in [0.5, 0.6) is 0 Å². The van der Waals surface area contributed by atoms with Gasteiger partial charge in [-0.25, -0.2) is 0 Å². The Morgan fingerprint density at radius 1 is 1.17 bits per heavy atom. The number of aromatic nitrogens is 1. The average molecular weight is 282 g/mol. The summed E-state index contributed by atoms with van der Waals surface area (Å²) in [6, 6.07) is 8.51. The highest BCUT2D eigenvalue weighted by molar-refractivity contribution is 6.39. The summed E-state index contributed by atoms with van der Waals surface area (Å²) in [6.45, 7) is 0. The largest absolute Gasteiger partial charge is 0.481 e. The SMILES string of the molecule is O=C(O)Cc1cccnc1-c1c(Cl)cccc1Cl. The molecule has 0 aliphatic carbocycles. The van der Waals surface area contributed by atoms with E-state index >= 15 is 0 Å². The standard InChI is InChI=1S/C13H9Cl2NO2/c14-9-4-1-5-10(15)12(9)13-8(7-11(17)18)3-2-6-16-13/h1-6H,7H2,(H,17,18). The highest BCUT2D eigenvalue weighted by atomic mass is 35.5. The van der Waals surface area contributed by atoms with Gasteiger partial charge < -0.3 is 5.11 Å². The fourth-order valence-corrected chi connectivity index (χ4v) is 2.27. The topological polar surface area (TPSA) is 50.2 Å². The van der Waals surface area contributed by atoms with E-state index in [4.69, 9.17) is 28.3 Å². The highest BCUT2D eigenvalue weighted by Crippen LogP contribution is 2.35. The van der Waals surface area contributed by atoms with Crippen molar-refractivity contribution in [3.05, 3.63) is 52.1 Å². The summed E-state index contributed by atoms with van der Waals surface area (Å²) in [6.07, 6.45) is 1.46. The van der Waals surface area contributed by atoms with Crippen LogP contribution in [0.2, 0.25) is 10.0 Å². The van der Waals surface area contributed by atoms with Gasteiger partial charge in [0.05, 0.1) is 22.2 Å². The second-order valence-electron chi connectivity index (χ2n) is 3.68. The Morgan fingerprint density at radius 2 is 1.83 bits per heavy atom. The Labute approximate surface area is 114 Å². The smallest absolute Gasteiger partial charge is 0.307 e. The van der Waals surface area contributed by atoms with Gasteiger partial charge in [0.15, 0.2) is 0 Å². The zero-order valence-corrected chi connectivity index (χ0v) is 10.7. The van der Waals surface area contributed by atoms with Crippen LogP contribution < -0.4 is 0 Å². The molecule has 5 heteroatoms. The number of benzene rings is 1. The van der Waals surface area contributed by atoms with Crippen LogP contribution in [0.4, 0.5) is 0 Å². The van der Waals surface area contributed by atoms with Crippen molar-refractivity contribution in [2.75, 3.05) is 0 Å². The lowest BCUT2D eigenvalue weighted by Gasteiger charge is -2.10. The van der Waals surface area contributed by atoms with E-state index in [0.29, 0.717) is 26.9 Å². The Morgan fingerprint density at radius 3 is 2.44 bits per heavy atom. The number of hydrogen-bond donors (Lipinski definition) is 1. The van der Waals surface area contributed by atoms with Gasteiger partial charge >= 0.3 is 5.97 Å². The van der Waals surface area contributed by atoms with Crippen molar-refractivity contribution in [3.8, 4) is 11.3 Å². The van der Waals surface area contributed by atoms with Crippen LogP contribution in [0.1, 0.15) is 5.56 Å². The Bertz CT molecular complexity index is 579. The molecular weight excluding hydrogens is 273 g/mol. The fraction of sp³-hybridized carbons (Fsp3) is 0.0769. The first-order valence-electron chi connectivity index (χ1n) is 5.19. The predicted molar refractivity (Wildman–Crippen MR) is 71.0 cm³/mol. The molecule has 0 atom stereocenters. The van der Waals surface area contributed by atoms with Gasteiger partial charge in [0.1, 0.15) is 0 Å². The van der Waals surface area contributed by atoms with E-state index in [1.165, 1.54) is 0 Å². The number of nitrogens with zero attached hydrogens (tertiary/aromatic N) is 1. The van der Waals surface area contributed by atoms with Crippen molar-refractivity contribution >= 4 is 29.2 Å². The van der Waals surface area contributed by atoms with Gasteiger partial charge in [0.2, 0.25) is 0 Å². The molecule has 0 radical (unpaired) electrons. The number of carbonyl (C=O) groups is 1. The number of halogens is 2. The van der Waals surface area contributed by atoms with Crippen molar-refractivity contribution < 1.29 is 9.90 Å². The first kappa shape index (κ1) is 12.9. The molecule has 0 aliphatic heterocycles. The van der Waals surface area contributed by atoms with E-state index in [2.05, 4.69) is 4.98 Å². The van der Waals surface area contributed by atoms with Gasteiger partial charge in [-0.15, -0.1) is 0 Å². The molecule has 1 N–H and O–H groups in total. The summed E-state index contributed by atoms with van der Waals surface area (Å²) in [4.78, 5) is 15.0. The number of rotatable bonds is 3. The molecule has 0 unspecified atom stereocenters. The Kier molecular flexibility index (Phi) is 3.84. The molecule has 1 aromatic carbocycles. The molecule has 2 rings (SSSR count). The molecule has 0 fully saturated rings. The first-order chi connectivity index (χ1) is 8.59. The van der Waals surface area contributed by atoms with Gasteiger partial charge in [-0.2, -0.15) is 0 Å². The van der Waals surface area contributed by atoms with E-state index in [-0.39, 0.29) is 6.42 Å². The minimum atomic E-state index is -0.924. The number of carboxylic acids is 1. The minimum absolute atomic E-state index is 0.120. The second kappa shape index (κ2) is 5.38. The lowest BCUT2D eigenvalue weighted by Crippen LogP contribution is -2.03. The van der Waals surface area contributed by atoms with Crippen molar-refractivity contribution in [1.29, 1.82) is 0 Å². The summed E-state index contributed by atoms with van der Waals surface area (Å²) < 4.78 is 0. The monoisotopic (exact) mass is 281 g/mol. The molecule has 0 amide bonds. The number of aliphatic carboxylic acids is 1. The molecule has 0 saturated carbocycles. The third kappa shape index (κ3) is 2.63. The van der Waals surface area contributed by atoms with E-state index in [0.717, 1.165) is 0 Å². The van der Waals surface area contributed by atoms with Crippen LogP contribution in [0.15, 0.2) is 36.5 Å². The molecule has 3 nitrogen and oxygen atoms in total. The molecule has 2 aromatic rings. The molecule has 0 aliphatic rings. The van der Waals surface area contributed by atoms with Crippen LogP contribution in [-0.2, 0) is 11.2 Å². The Hall–Kier alpha value is -1.58. The molecule has 1 heterocycles. The number of carboxylic acid groups (broad SMARTS) is 1. The van der Waals surface area contributed by atoms with E-state index in [1.54, 1.807) is 36.5 Å². The molecule has 0 bridgehead atoms. The summed E-state index contributed by atoms with van der Waals surface area (Å²) in [5, 5.41) is 9.79. The van der Waals surface area contributed by atoms with Crippen molar-refractivity contribution in [2.24, 2.45) is 0 Å². The summed E-state index contributed by atoms with van der Waals surface area (Å²) in [7, 11) is 0. The lowest BCUT2D eigenvalue weighted by molar-refractivity contribution is -0.136. The zero-order valence-electron chi connectivity index (χ0n) is 9.23. The number of pyridine rings is 1. The lowest BCUT2D eigenvalue weighted by atomic mass is 10.0. The van der Waals surface area contributed by atoms with Gasteiger partial charge in [0.25, 0.3) is 0 Å². The van der Waals surface area contributed by atoms with Crippen LogP contribution in [0.3, 0.4) is 0 Å². The molecule has 18 heavy (non-hydrogen) atoms. The number of hydrogen-bond acceptors (Lipinski definition) is 2. The fourth-order valence-electron chi connectivity index (χ4n) is 1.69. The second-order valence-corrected chi connectivity index (χ2v) is 4.49. The summed E-state index contributed by atoms with van der Waals surface area (Å²) >= 11 is 12.2. The maximum Gasteiger partial charge on any atom is 0.307 e. The van der Waals surface area contributed by atoms with E-state index < -0.39 is 5.97 Å². The maximum absolute atomic E-state index is 10.8. The normalized spacial score (nSPS) is 10.3. The van der Waals surface area contributed by atoms with Crippen LogP contribution in [-0.4, -0.2) is 16.1 Å². The van der Waals surface area contributed by atoms with Crippen molar-refractivity contribution in [2.45, 2.75) is 6.42 Å². The quantitative estimate of drug-likeness (QED) is 0.934.